The quantitative estimate of drug-likeness (QED) is 0.452. The number of aromatic nitrogens is 1. The molecule has 1 aliphatic carbocycles. The molecule has 1 saturated heterocycles. The highest BCUT2D eigenvalue weighted by Gasteiger charge is 2.59. The van der Waals surface area contributed by atoms with Gasteiger partial charge >= 0.3 is 6.18 Å². The maximum absolute atomic E-state index is 14.0. The summed E-state index contributed by atoms with van der Waals surface area (Å²) in [4.78, 5) is 21.3. The number of amides is 1. The van der Waals surface area contributed by atoms with Gasteiger partial charge in [-0.3, -0.25) is 9.69 Å². The van der Waals surface area contributed by atoms with Gasteiger partial charge in [0.25, 0.3) is 5.91 Å². The Balaban J connectivity index is 1.13. The third kappa shape index (κ3) is 5.31. The number of nitrogens with zero attached hydrogens (tertiary/aromatic N) is 3. The van der Waals surface area contributed by atoms with Crippen molar-refractivity contribution in [1.82, 2.24) is 20.1 Å². The summed E-state index contributed by atoms with van der Waals surface area (Å²) in [6.45, 7) is 6.29. The first-order chi connectivity index (χ1) is 19.2. The Bertz CT molecular complexity index is 1420. The molecule has 3 atom stereocenters. The van der Waals surface area contributed by atoms with Gasteiger partial charge in [0.15, 0.2) is 0 Å². The van der Waals surface area contributed by atoms with E-state index < -0.39 is 17.6 Å². The minimum atomic E-state index is -4.56. The molecule has 1 aromatic heterocycles. The summed E-state index contributed by atoms with van der Waals surface area (Å²) in [6.07, 6.45) is -3.28. The molecule has 11 heteroatoms. The van der Waals surface area contributed by atoms with Crippen molar-refractivity contribution in [3.8, 4) is 17.2 Å². The molecule has 3 aliphatic rings. The average molecular weight is 554 g/mol. The zero-order chi connectivity index (χ0) is 28.0. The Hall–Kier alpha value is -3.83. The number of piperazine rings is 1. The number of anilines is 1. The van der Waals surface area contributed by atoms with Gasteiger partial charge in [-0.1, -0.05) is 13.0 Å². The molecule has 0 bridgehead atoms. The number of nitrogen functional groups attached to an aromatic ring is 1. The maximum atomic E-state index is 14.0. The van der Waals surface area contributed by atoms with E-state index in [1.807, 2.05) is 11.0 Å². The van der Waals surface area contributed by atoms with Crippen LogP contribution in [0.4, 0.5) is 19.0 Å². The molecule has 0 unspecified atom stereocenters. The molecule has 1 amide bonds. The van der Waals surface area contributed by atoms with Gasteiger partial charge in [0.05, 0.1) is 17.5 Å². The van der Waals surface area contributed by atoms with Gasteiger partial charge in [0.2, 0.25) is 0 Å². The molecule has 2 fully saturated rings. The van der Waals surface area contributed by atoms with E-state index in [0.29, 0.717) is 36.2 Å². The number of hydrogen-bond acceptors (Lipinski definition) is 7. The second-order valence-electron chi connectivity index (χ2n) is 10.4. The van der Waals surface area contributed by atoms with E-state index in [0.717, 1.165) is 31.3 Å². The lowest BCUT2D eigenvalue weighted by atomic mass is 10.0. The van der Waals surface area contributed by atoms with Crippen LogP contribution in [-0.2, 0) is 12.7 Å². The Morgan fingerprint density at radius 3 is 2.55 bits per heavy atom. The van der Waals surface area contributed by atoms with E-state index in [-0.39, 0.29) is 35.7 Å². The minimum Gasteiger partial charge on any atom is -0.487 e. The number of pyridine rings is 1. The zero-order valence-electron chi connectivity index (χ0n) is 21.9. The van der Waals surface area contributed by atoms with Crippen molar-refractivity contribution in [3.05, 3.63) is 77.0 Å². The lowest BCUT2D eigenvalue weighted by molar-refractivity contribution is -0.138. The molecule has 6 rings (SSSR count). The van der Waals surface area contributed by atoms with Gasteiger partial charge in [-0.25, -0.2) is 4.98 Å². The summed E-state index contributed by atoms with van der Waals surface area (Å²) in [7, 11) is 0. The number of likely N-dealkylation sites (N-methyl/N-ethyl adjacent to an activating group) is 1. The maximum Gasteiger partial charge on any atom is 0.416 e. The number of nitrogens with two attached hydrogens (primary N) is 1. The minimum absolute atomic E-state index is 0.0237. The van der Waals surface area contributed by atoms with Crippen LogP contribution < -0.4 is 20.5 Å². The summed E-state index contributed by atoms with van der Waals surface area (Å²) in [5.41, 5.74) is 5.98. The lowest BCUT2D eigenvalue weighted by Crippen LogP contribution is -2.45. The van der Waals surface area contributed by atoms with Crippen molar-refractivity contribution in [2.45, 2.75) is 37.7 Å². The van der Waals surface area contributed by atoms with Gasteiger partial charge in [0, 0.05) is 56.1 Å². The fourth-order valence-corrected chi connectivity index (χ4v) is 5.56. The van der Waals surface area contributed by atoms with Crippen LogP contribution >= 0.6 is 0 Å². The lowest BCUT2D eigenvalue weighted by Gasteiger charge is -2.34. The smallest absolute Gasteiger partial charge is 0.416 e. The van der Waals surface area contributed by atoms with Gasteiger partial charge in [0.1, 0.15) is 29.2 Å². The molecule has 0 radical (unpaired) electrons. The second kappa shape index (κ2) is 10.3. The Kier molecular flexibility index (Phi) is 6.79. The number of nitrogens with one attached hydrogen (secondary N) is 1. The van der Waals surface area contributed by atoms with Gasteiger partial charge in [-0.05, 0) is 48.5 Å². The highest BCUT2D eigenvalue weighted by atomic mass is 19.4. The molecule has 40 heavy (non-hydrogen) atoms. The largest absolute Gasteiger partial charge is 0.487 e. The first kappa shape index (κ1) is 26.4. The van der Waals surface area contributed by atoms with Crippen molar-refractivity contribution in [3.63, 3.8) is 0 Å². The molecule has 3 aromatic rings. The van der Waals surface area contributed by atoms with E-state index in [1.165, 1.54) is 12.1 Å². The highest BCUT2D eigenvalue weighted by Crippen LogP contribution is 2.54. The predicted molar refractivity (Wildman–Crippen MR) is 142 cm³/mol. The van der Waals surface area contributed by atoms with Crippen LogP contribution in [0.25, 0.3) is 0 Å². The number of fused-ring (bicyclic) bond motifs is 3. The molecule has 2 aromatic carbocycles. The molecular formula is C29H30F3N5O3. The summed E-state index contributed by atoms with van der Waals surface area (Å²) in [5, 5.41) is 2.87. The summed E-state index contributed by atoms with van der Waals surface area (Å²) < 4.78 is 53.9. The fourth-order valence-electron chi connectivity index (χ4n) is 5.56. The van der Waals surface area contributed by atoms with Crippen LogP contribution in [0, 0.1) is 0 Å². The Morgan fingerprint density at radius 1 is 1.07 bits per heavy atom. The molecule has 1 saturated carbocycles. The average Bonchev–Trinajstić information content (AvgIpc) is 3.44. The normalized spacial score (nSPS) is 22.2. The monoisotopic (exact) mass is 553 g/mol. The molecule has 3 N–H and O–H groups in total. The van der Waals surface area contributed by atoms with Crippen molar-refractivity contribution in [2.75, 3.05) is 38.5 Å². The molecule has 8 nitrogen and oxygen atoms in total. The van der Waals surface area contributed by atoms with Crippen LogP contribution in [0.3, 0.4) is 0 Å². The van der Waals surface area contributed by atoms with E-state index in [1.54, 1.807) is 30.5 Å². The number of alkyl halides is 3. The third-order valence-electron chi connectivity index (χ3n) is 7.83. The highest BCUT2D eigenvalue weighted by molar-refractivity contribution is 5.95. The SMILES string of the molecule is CCN1CCN(Cc2ccc(C(=O)N[C@H]3[C@H]4Oc5ccc(Oc6ccnc(N)c6)cc5[C@@H]34)cc2C(F)(F)F)CC1. The number of rotatable bonds is 7. The third-order valence-corrected chi connectivity index (χ3v) is 7.83. The van der Waals surface area contributed by atoms with Gasteiger partial charge in [-0.15, -0.1) is 0 Å². The van der Waals surface area contributed by atoms with Crippen molar-refractivity contribution >= 4 is 11.7 Å². The first-order valence-electron chi connectivity index (χ1n) is 13.4. The van der Waals surface area contributed by atoms with Crippen molar-refractivity contribution in [2.24, 2.45) is 0 Å². The predicted octanol–water partition coefficient (Wildman–Crippen LogP) is 4.27. The Morgan fingerprint density at radius 2 is 1.82 bits per heavy atom. The number of halogens is 3. The van der Waals surface area contributed by atoms with Crippen molar-refractivity contribution in [1.29, 1.82) is 0 Å². The number of carbonyl (C=O) groups is 1. The Labute approximate surface area is 229 Å². The van der Waals surface area contributed by atoms with Crippen LogP contribution in [0.2, 0.25) is 0 Å². The first-order valence-corrected chi connectivity index (χ1v) is 13.4. The molecule has 3 heterocycles. The van der Waals surface area contributed by atoms with Crippen LogP contribution in [-0.4, -0.2) is 65.6 Å². The van der Waals surface area contributed by atoms with Crippen LogP contribution in [0.1, 0.15) is 39.9 Å². The van der Waals surface area contributed by atoms with Gasteiger partial charge in [-0.2, -0.15) is 13.2 Å². The second-order valence-corrected chi connectivity index (χ2v) is 10.4. The standard InChI is InChI=1S/C29H30F3N5O3/c1-2-36-9-11-37(12-10-36)16-18-4-3-17(13-22(18)29(30,31)32)28(38)35-26-25-21-14-19(5-6-23(21)40-27(25)26)39-20-7-8-34-24(33)15-20/h3-8,13-15,25-27H,2,9-12,16H2,1H3,(H2,33,34)(H,35,38)/t25-,26+,27-/m0/s1. The van der Waals surface area contributed by atoms with E-state index in [9.17, 15) is 18.0 Å². The van der Waals surface area contributed by atoms with Crippen LogP contribution in [0.5, 0.6) is 17.2 Å². The van der Waals surface area contributed by atoms with Crippen LogP contribution in [0.15, 0.2) is 54.7 Å². The van der Waals surface area contributed by atoms with E-state index in [4.69, 9.17) is 15.2 Å². The van der Waals surface area contributed by atoms with Crippen molar-refractivity contribution < 1.29 is 27.4 Å². The molecule has 210 valence electrons. The zero-order valence-corrected chi connectivity index (χ0v) is 21.9. The van der Waals surface area contributed by atoms with E-state index in [2.05, 4.69) is 22.1 Å². The topological polar surface area (TPSA) is 93.0 Å². The van der Waals surface area contributed by atoms with Gasteiger partial charge < -0.3 is 25.4 Å². The number of carbonyl (C=O) groups excluding carboxylic acids is 1. The fraction of sp³-hybridized carbons (Fsp3) is 0.379. The number of ether oxygens (including phenoxy) is 2. The molecular weight excluding hydrogens is 523 g/mol. The summed E-state index contributed by atoms with van der Waals surface area (Å²) >= 11 is 0. The molecule has 2 aliphatic heterocycles. The van der Waals surface area contributed by atoms with E-state index >= 15 is 0 Å². The number of hydrogen-bond donors (Lipinski definition) is 2. The molecule has 0 spiro atoms. The number of benzene rings is 2. The summed E-state index contributed by atoms with van der Waals surface area (Å²) in [6, 6.07) is 12.3. The summed E-state index contributed by atoms with van der Waals surface area (Å²) in [5.74, 6) is 1.49.